The molecule has 1 N–H and O–H groups in total. The van der Waals surface area contributed by atoms with Crippen molar-refractivity contribution >= 4 is 15.9 Å². The average molecular weight is 366 g/mol. The fraction of sp³-hybridized carbons (Fsp3) is 0.312. The summed E-state index contributed by atoms with van der Waals surface area (Å²) in [6.45, 7) is 0.678. The molecule has 0 aliphatic carbocycles. The predicted molar refractivity (Wildman–Crippen MR) is 87.8 cm³/mol. The van der Waals surface area contributed by atoms with Crippen molar-refractivity contribution in [2.75, 3.05) is 26.8 Å². The molecule has 0 spiro atoms. The highest BCUT2D eigenvalue weighted by molar-refractivity contribution is 7.89. The zero-order valence-electron chi connectivity index (χ0n) is 13.6. The van der Waals surface area contributed by atoms with Gasteiger partial charge < -0.3 is 19.2 Å². The summed E-state index contributed by atoms with van der Waals surface area (Å²) < 4.78 is 42.1. The molecule has 8 nitrogen and oxygen atoms in total. The Morgan fingerprint density at radius 1 is 1.20 bits per heavy atom. The van der Waals surface area contributed by atoms with Crippen LogP contribution in [0.3, 0.4) is 0 Å². The van der Waals surface area contributed by atoms with E-state index in [1.165, 1.54) is 25.4 Å². The molecule has 134 valence electrons. The van der Waals surface area contributed by atoms with E-state index in [0.29, 0.717) is 30.5 Å². The van der Waals surface area contributed by atoms with Crippen molar-refractivity contribution in [3.05, 3.63) is 42.4 Å². The van der Waals surface area contributed by atoms with Gasteiger partial charge in [0, 0.05) is 13.1 Å². The average Bonchev–Trinajstić information content (AvgIpc) is 3.13. The highest BCUT2D eigenvalue weighted by atomic mass is 32.2. The summed E-state index contributed by atoms with van der Waals surface area (Å²) in [5, 5.41) is 2.61. The van der Waals surface area contributed by atoms with Crippen LogP contribution < -0.4 is 14.8 Å². The summed E-state index contributed by atoms with van der Waals surface area (Å²) in [5.41, 5.74) is 0. The Morgan fingerprint density at radius 2 is 1.96 bits per heavy atom. The van der Waals surface area contributed by atoms with Crippen molar-refractivity contribution in [1.29, 1.82) is 0 Å². The van der Waals surface area contributed by atoms with Crippen molar-refractivity contribution in [2.24, 2.45) is 0 Å². The molecule has 0 saturated carbocycles. The number of amides is 1. The molecule has 0 saturated heterocycles. The minimum atomic E-state index is -3.83. The summed E-state index contributed by atoms with van der Waals surface area (Å²) in [5.74, 6) is 1.04. The fourth-order valence-corrected chi connectivity index (χ4v) is 3.45. The minimum absolute atomic E-state index is 0.0399. The first-order valence-corrected chi connectivity index (χ1v) is 9.06. The third-order valence-electron chi connectivity index (χ3n) is 3.63. The molecule has 9 heteroatoms. The van der Waals surface area contributed by atoms with Gasteiger partial charge >= 0.3 is 0 Å². The van der Waals surface area contributed by atoms with Crippen molar-refractivity contribution in [3.8, 4) is 11.5 Å². The maximum atomic E-state index is 12.6. The van der Waals surface area contributed by atoms with E-state index in [4.69, 9.17) is 13.9 Å². The van der Waals surface area contributed by atoms with Gasteiger partial charge in [-0.1, -0.05) is 0 Å². The number of rotatable bonds is 6. The molecule has 2 aromatic rings. The summed E-state index contributed by atoms with van der Waals surface area (Å²) >= 11 is 0. The minimum Gasteiger partial charge on any atom is -0.486 e. The number of benzene rings is 1. The third kappa shape index (κ3) is 3.94. The van der Waals surface area contributed by atoms with Crippen molar-refractivity contribution in [3.63, 3.8) is 0 Å². The monoisotopic (exact) mass is 366 g/mol. The molecule has 1 aromatic heterocycles. The lowest BCUT2D eigenvalue weighted by molar-refractivity contribution is -0.121. The smallest absolute Gasteiger partial charge is 0.243 e. The highest BCUT2D eigenvalue weighted by Crippen LogP contribution is 2.32. The second-order valence-corrected chi connectivity index (χ2v) is 7.47. The van der Waals surface area contributed by atoms with Crippen LogP contribution in [-0.4, -0.2) is 45.4 Å². The lowest BCUT2D eigenvalue weighted by Crippen LogP contribution is -2.38. The number of fused-ring (bicyclic) bond motifs is 1. The molecule has 3 rings (SSSR count). The number of hydrogen-bond acceptors (Lipinski definition) is 6. The molecule has 0 atom stereocenters. The molecule has 0 bridgehead atoms. The molecule has 25 heavy (non-hydrogen) atoms. The van der Waals surface area contributed by atoms with Crippen LogP contribution in [0.25, 0.3) is 0 Å². The molecule has 1 aromatic carbocycles. The van der Waals surface area contributed by atoms with Crippen molar-refractivity contribution in [2.45, 2.75) is 11.4 Å². The summed E-state index contributed by atoms with van der Waals surface area (Å²) in [4.78, 5) is 12.0. The van der Waals surface area contributed by atoms with Gasteiger partial charge in [0.2, 0.25) is 15.9 Å². The van der Waals surface area contributed by atoms with Crippen molar-refractivity contribution < 1.29 is 27.1 Å². The van der Waals surface area contributed by atoms with Crippen LogP contribution in [-0.2, 0) is 21.4 Å². The van der Waals surface area contributed by atoms with Crippen LogP contribution in [0.4, 0.5) is 0 Å². The van der Waals surface area contributed by atoms with Gasteiger partial charge in [-0.2, -0.15) is 4.31 Å². The largest absolute Gasteiger partial charge is 0.486 e. The quantitative estimate of drug-likeness (QED) is 0.819. The first kappa shape index (κ1) is 17.3. The van der Waals surface area contributed by atoms with Gasteiger partial charge in [0.1, 0.15) is 19.0 Å². The predicted octanol–water partition coefficient (Wildman–Crippen LogP) is 0.988. The zero-order valence-corrected chi connectivity index (χ0v) is 14.4. The number of likely N-dealkylation sites (N-methyl/N-ethyl adjacent to an activating group) is 1. The molecule has 2 heterocycles. The van der Waals surface area contributed by atoms with Gasteiger partial charge in [-0.05, 0) is 24.3 Å². The molecular formula is C16H18N2O6S. The number of carbonyl (C=O) groups excluding carboxylic acids is 1. The maximum absolute atomic E-state index is 12.6. The molecular weight excluding hydrogens is 348 g/mol. The van der Waals surface area contributed by atoms with Crippen LogP contribution in [0.1, 0.15) is 5.76 Å². The Balaban J connectivity index is 1.65. The van der Waals surface area contributed by atoms with E-state index < -0.39 is 15.9 Å². The van der Waals surface area contributed by atoms with E-state index in [2.05, 4.69) is 5.32 Å². The summed E-state index contributed by atoms with van der Waals surface area (Å²) in [7, 11) is -2.48. The number of furan rings is 1. The van der Waals surface area contributed by atoms with Crippen LogP contribution in [0.15, 0.2) is 45.9 Å². The van der Waals surface area contributed by atoms with E-state index in [0.717, 1.165) is 4.31 Å². The Morgan fingerprint density at radius 3 is 2.68 bits per heavy atom. The number of sulfonamides is 1. The molecule has 0 unspecified atom stereocenters. The van der Waals surface area contributed by atoms with E-state index in [1.54, 1.807) is 18.2 Å². The van der Waals surface area contributed by atoms with Gasteiger partial charge in [0.05, 0.1) is 24.2 Å². The Bertz CT molecular complexity index is 848. The van der Waals surface area contributed by atoms with Crippen molar-refractivity contribution in [1.82, 2.24) is 9.62 Å². The van der Waals surface area contributed by atoms with Crippen LogP contribution in [0.5, 0.6) is 11.5 Å². The SMILES string of the molecule is CN(CC(=O)NCc1ccco1)S(=O)(=O)c1ccc2c(c1)OCCO2. The normalized spacial score (nSPS) is 13.7. The van der Waals surface area contributed by atoms with E-state index >= 15 is 0 Å². The van der Waals surface area contributed by atoms with Crippen LogP contribution >= 0.6 is 0 Å². The van der Waals surface area contributed by atoms with E-state index in [1.807, 2.05) is 0 Å². The Hall–Kier alpha value is -2.52. The summed E-state index contributed by atoms with van der Waals surface area (Å²) in [6.07, 6.45) is 1.50. The second-order valence-electron chi connectivity index (χ2n) is 5.42. The molecule has 0 radical (unpaired) electrons. The summed E-state index contributed by atoms with van der Waals surface area (Å²) in [6, 6.07) is 7.81. The first-order chi connectivity index (χ1) is 12.0. The maximum Gasteiger partial charge on any atom is 0.243 e. The standard InChI is InChI=1S/C16H18N2O6S/c1-18(11-16(19)17-10-12-3-2-6-22-12)25(20,21)13-4-5-14-15(9-13)24-8-7-23-14/h2-6,9H,7-8,10-11H2,1H3,(H,17,19). The lowest BCUT2D eigenvalue weighted by Gasteiger charge is -2.21. The number of carbonyl (C=O) groups is 1. The van der Waals surface area contributed by atoms with Gasteiger partial charge in [0.15, 0.2) is 11.5 Å². The topological polar surface area (TPSA) is 98.1 Å². The Labute approximate surface area is 145 Å². The van der Waals surface area contributed by atoms with Gasteiger partial charge in [-0.25, -0.2) is 8.42 Å². The van der Waals surface area contributed by atoms with E-state index in [9.17, 15) is 13.2 Å². The van der Waals surface area contributed by atoms with Gasteiger partial charge in [-0.3, -0.25) is 4.79 Å². The second kappa shape index (κ2) is 7.16. The molecule has 1 amide bonds. The number of hydrogen-bond donors (Lipinski definition) is 1. The highest BCUT2D eigenvalue weighted by Gasteiger charge is 2.25. The molecule has 1 aliphatic rings. The fourth-order valence-electron chi connectivity index (χ4n) is 2.31. The Kier molecular flexibility index (Phi) is 4.95. The zero-order chi connectivity index (χ0) is 17.9. The van der Waals surface area contributed by atoms with Crippen LogP contribution in [0.2, 0.25) is 0 Å². The lowest BCUT2D eigenvalue weighted by atomic mass is 10.3. The number of ether oxygens (including phenoxy) is 2. The van der Waals surface area contributed by atoms with Gasteiger partial charge in [0.25, 0.3) is 0 Å². The number of nitrogens with zero attached hydrogens (tertiary/aromatic N) is 1. The number of nitrogens with one attached hydrogen (secondary N) is 1. The molecule has 1 aliphatic heterocycles. The molecule has 0 fully saturated rings. The van der Waals surface area contributed by atoms with Gasteiger partial charge in [-0.15, -0.1) is 0 Å². The van der Waals surface area contributed by atoms with E-state index in [-0.39, 0.29) is 18.0 Å². The first-order valence-electron chi connectivity index (χ1n) is 7.62. The third-order valence-corrected chi connectivity index (χ3v) is 5.43. The van der Waals surface area contributed by atoms with Crippen LogP contribution in [0, 0.1) is 0 Å².